The summed E-state index contributed by atoms with van der Waals surface area (Å²) < 4.78 is 12.8. The number of piperidine rings is 1. The number of methoxy groups -OCH3 is 1. The summed E-state index contributed by atoms with van der Waals surface area (Å²) in [7, 11) is 3.57. The number of esters is 1. The zero-order valence-electron chi connectivity index (χ0n) is 15.4. The van der Waals surface area contributed by atoms with Gasteiger partial charge in [-0.2, -0.15) is 0 Å². The van der Waals surface area contributed by atoms with Crippen LogP contribution in [0.5, 0.6) is 0 Å². The van der Waals surface area contributed by atoms with E-state index in [1.165, 1.54) is 20.0 Å². The quantitative estimate of drug-likeness (QED) is 0.837. The van der Waals surface area contributed by atoms with Crippen LogP contribution in [-0.2, 0) is 16.1 Å². The molecule has 1 atom stereocenters. The van der Waals surface area contributed by atoms with Gasteiger partial charge < -0.3 is 24.3 Å². The van der Waals surface area contributed by atoms with Gasteiger partial charge in [0.1, 0.15) is 12.4 Å². The largest absolute Gasteiger partial charge is 0.465 e. The Balaban J connectivity index is 1.54. The standard InChI is InChI=1S/C19H26N4O3/c1-22-7-5-14(6-8-22)20-10-15-11-26-12-18-21-16-9-13(19(24)25-2)3-4-17(16)23(15)18/h3-4,9,14-15,20H,5-8,10-12H2,1-2H3. The number of rotatable bonds is 4. The average molecular weight is 358 g/mol. The Morgan fingerprint density at radius 3 is 2.96 bits per heavy atom. The molecule has 0 radical (unpaired) electrons. The van der Waals surface area contributed by atoms with Crippen molar-refractivity contribution in [2.45, 2.75) is 31.5 Å². The molecule has 0 amide bonds. The molecule has 2 aromatic rings. The minimum absolute atomic E-state index is 0.215. The first-order chi connectivity index (χ1) is 12.7. The summed E-state index contributed by atoms with van der Waals surface area (Å²) in [6, 6.07) is 6.35. The number of hydrogen-bond donors (Lipinski definition) is 1. The van der Waals surface area contributed by atoms with Gasteiger partial charge in [0, 0.05) is 12.6 Å². The zero-order chi connectivity index (χ0) is 18.1. The van der Waals surface area contributed by atoms with Gasteiger partial charge in [0.2, 0.25) is 0 Å². The lowest BCUT2D eigenvalue weighted by Gasteiger charge is -2.32. The molecule has 3 heterocycles. The lowest BCUT2D eigenvalue weighted by Crippen LogP contribution is -2.44. The van der Waals surface area contributed by atoms with Gasteiger partial charge in [-0.1, -0.05) is 0 Å². The average Bonchev–Trinajstić information content (AvgIpc) is 3.05. The molecule has 4 rings (SSSR count). The number of benzene rings is 1. The second kappa shape index (κ2) is 7.34. The number of ether oxygens (including phenoxy) is 2. The van der Waals surface area contributed by atoms with Crippen molar-refractivity contribution in [1.82, 2.24) is 19.8 Å². The second-order valence-electron chi connectivity index (χ2n) is 7.25. The molecule has 1 N–H and O–H groups in total. The number of nitrogens with one attached hydrogen (secondary N) is 1. The molecule has 140 valence electrons. The third-order valence-electron chi connectivity index (χ3n) is 5.45. The van der Waals surface area contributed by atoms with Crippen molar-refractivity contribution >= 4 is 17.0 Å². The van der Waals surface area contributed by atoms with Crippen molar-refractivity contribution in [3.63, 3.8) is 0 Å². The number of fused-ring (bicyclic) bond motifs is 3. The fourth-order valence-electron chi connectivity index (χ4n) is 3.93. The summed E-state index contributed by atoms with van der Waals surface area (Å²) in [6.45, 7) is 4.35. The van der Waals surface area contributed by atoms with Crippen molar-refractivity contribution in [1.29, 1.82) is 0 Å². The van der Waals surface area contributed by atoms with Crippen LogP contribution in [0.3, 0.4) is 0 Å². The molecule has 2 aliphatic heterocycles. The molecular formula is C19H26N4O3. The maximum Gasteiger partial charge on any atom is 0.337 e. The number of carbonyl (C=O) groups is 1. The maximum atomic E-state index is 11.8. The predicted molar refractivity (Wildman–Crippen MR) is 98.3 cm³/mol. The van der Waals surface area contributed by atoms with E-state index in [0.717, 1.165) is 36.5 Å². The Kier molecular flexibility index (Phi) is 4.93. The SMILES string of the molecule is COC(=O)c1ccc2c(c1)nc1n2C(CNC2CCN(C)CC2)COC1. The summed E-state index contributed by atoms with van der Waals surface area (Å²) in [4.78, 5) is 18.8. The van der Waals surface area contributed by atoms with E-state index in [1.807, 2.05) is 6.07 Å². The molecule has 1 fully saturated rings. The van der Waals surface area contributed by atoms with Gasteiger partial charge in [0.05, 0.1) is 36.4 Å². The molecule has 7 nitrogen and oxygen atoms in total. The molecule has 0 bridgehead atoms. The number of hydrogen-bond acceptors (Lipinski definition) is 6. The lowest BCUT2D eigenvalue weighted by atomic mass is 10.1. The fourth-order valence-corrected chi connectivity index (χ4v) is 3.93. The van der Waals surface area contributed by atoms with Gasteiger partial charge in [-0.05, 0) is 51.2 Å². The molecule has 1 aromatic carbocycles. The van der Waals surface area contributed by atoms with Gasteiger partial charge in [-0.25, -0.2) is 9.78 Å². The first-order valence-corrected chi connectivity index (χ1v) is 9.24. The Morgan fingerprint density at radius 2 is 2.19 bits per heavy atom. The van der Waals surface area contributed by atoms with Crippen LogP contribution in [0.15, 0.2) is 18.2 Å². The molecule has 2 aliphatic rings. The highest BCUT2D eigenvalue weighted by atomic mass is 16.5. The van der Waals surface area contributed by atoms with Crippen LogP contribution < -0.4 is 5.32 Å². The van der Waals surface area contributed by atoms with Crippen LogP contribution in [0.25, 0.3) is 11.0 Å². The van der Waals surface area contributed by atoms with E-state index in [0.29, 0.717) is 24.8 Å². The number of nitrogens with zero attached hydrogens (tertiary/aromatic N) is 3. The van der Waals surface area contributed by atoms with Gasteiger partial charge >= 0.3 is 5.97 Å². The monoisotopic (exact) mass is 358 g/mol. The Morgan fingerprint density at radius 1 is 1.38 bits per heavy atom. The van der Waals surface area contributed by atoms with E-state index in [-0.39, 0.29) is 12.0 Å². The van der Waals surface area contributed by atoms with Crippen molar-refractivity contribution in [3.05, 3.63) is 29.6 Å². The first-order valence-electron chi connectivity index (χ1n) is 9.24. The highest BCUT2D eigenvalue weighted by Gasteiger charge is 2.26. The molecule has 1 unspecified atom stereocenters. The van der Waals surface area contributed by atoms with Crippen LogP contribution >= 0.6 is 0 Å². The van der Waals surface area contributed by atoms with Crippen molar-refractivity contribution in [2.24, 2.45) is 0 Å². The smallest absolute Gasteiger partial charge is 0.337 e. The molecule has 1 saturated heterocycles. The minimum atomic E-state index is -0.338. The topological polar surface area (TPSA) is 68.6 Å². The Bertz CT molecular complexity index is 795. The number of likely N-dealkylation sites (tertiary alicyclic amines) is 1. The van der Waals surface area contributed by atoms with Gasteiger partial charge in [0.25, 0.3) is 0 Å². The van der Waals surface area contributed by atoms with E-state index >= 15 is 0 Å². The molecule has 7 heteroatoms. The summed E-state index contributed by atoms with van der Waals surface area (Å²) in [5, 5.41) is 3.72. The number of imidazole rings is 1. The van der Waals surface area contributed by atoms with Crippen LogP contribution in [0.4, 0.5) is 0 Å². The molecule has 0 saturated carbocycles. The van der Waals surface area contributed by atoms with E-state index in [2.05, 4.69) is 26.8 Å². The number of carbonyl (C=O) groups excluding carboxylic acids is 1. The van der Waals surface area contributed by atoms with Gasteiger partial charge in [-0.15, -0.1) is 0 Å². The summed E-state index contributed by atoms with van der Waals surface area (Å²) in [5.74, 6) is 0.582. The van der Waals surface area contributed by atoms with E-state index in [4.69, 9.17) is 9.47 Å². The highest BCUT2D eigenvalue weighted by molar-refractivity contribution is 5.93. The predicted octanol–water partition coefficient (Wildman–Crippen LogP) is 1.58. The van der Waals surface area contributed by atoms with Crippen molar-refractivity contribution < 1.29 is 14.3 Å². The third kappa shape index (κ3) is 3.34. The van der Waals surface area contributed by atoms with Crippen molar-refractivity contribution in [3.8, 4) is 0 Å². The normalized spacial score (nSPS) is 21.7. The fraction of sp³-hybridized carbons (Fsp3) is 0.579. The van der Waals surface area contributed by atoms with E-state index in [9.17, 15) is 4.79 Å². The molecular weight excluding hydrogens is 332 g/mol. The molecule has 0 aliphatic carbocycles. The van der Waals surface area contributed by atoms with Gasteiger partial charge in [-0.3, -0.25) is 0 Å². The van der Waals surface area contributed by atoms with Crippen LogP contribution in [-0.4, -0.2) is 66.9 Å². The summed E-state index contributed by atoms with van der Waals surface area (Å²) in [6.07, 6.45) is 2.37. The summed E-state index contributed by atoms with van der Waals surface area (Å²) >= 11 is 0. The van der Waals surface area contributed by atoms with Crippen LogP contribution in [0.2, 0.25) is 0 Å². The van der Waals surface area contributed by atoms with Crippen molar-refractivity contribution in [2.75, 3.05) is 40.4 Å². The Labute approximate surface area is 153 Å². The second-order valence-corrected chi connectivity index (χ2v) is 7.25. The molecule has 26 heavy (non-hydrogen) atoms. The van der Waals surface area contributed by atoms with Crippen LogP contribution in [0.1, 0.15) is 35.1 Å². The summed E-state index contributed by atoms with van der Waals surface area (Å²) in [5.41, 5.74) is 2.39. The van der Waals surface area contributed by atoms with Gasteiger partial charge in [0.15, 0.2) is 0 Å². The first kappa shape index (κ1) is 17.5. The Hall–Kier alpha value is -1.96. The maximum absolute atomic E-state index is 11.8. The lowest BCUT2D eigenvalue weighted by molar-refractivity contribution is 0.0547. The number of aromatic nitrogens is 2. The van der Waals surface area contributed by atoms with Crippen LogP contribution in [0, 0.1) is 0 Å². The van der Waals surface area contributed by atoms with E-state index < -0.39 is 0 Å². The zero-order valence-corrected chi connectivity index (χ0v) is 15.4. The minimum Gasteiger partial charge on any atom is -0.465 e. The molecule has 0 spiro atoms. The highest BCUT2D eigenvalue weighted by Crippen LogP contribution is 2.27. The third-order valence-corrected chi connectivity index (χ3v) is 5.45. The molecule has 1 aromatic heterocycles. The van der Waals surface area contributed by atoms with E-state index in [1.54, 1.807) is 12.1 Å².